The summed E-state index contributed by atoms with van der Waals surface area (Å²) in [6.45, 7) is 1.94. The number of benzene rings is 3. The molecule has 51 heavy (non-hydrogen) atoms. The van der Waals surface area contributed by atoms with Gasteiger partial charge in [-0.1, -0.05) is 19.1 Å². The van der Waals surface area contributed by atoms with Crippen LogP contribution >= 0.6 is 0 Å². The van der Waals surface area contributed by atoms with Crippen LogP contribution in [-0.4, -0.2) is 56.6 Å². The summed E-state index contributed by atoms with van der Waals surface area (Å²) >= 11 is 0. The van der Waals surface area contributed by atoms with Gasteiger partial charge < -0.3 is 31.4 Å². The number of aryl methyl sites for hydroxylation is 1. The summed E-state index contributed by atoms with van der Waals surface area (Å²) < 4.78 is 113. The lowest BCUT2D eigenvalue weighted by molar-refractivity contribution is -0.193. The molecule has 0 fully saturated rings. The summed E-state index contributed by atoms with van der Waals surface area (Å²) in [5.74, 6) is -8.41. The average Bonchev–Trinajstić information content (AvgIpc) is 3.52. The number of carboxylic acid groups (broad SMARTS) is 2. The van der Waals surface area contributed by atoms with Crippen molar-refractivity contribution in [3.05, 3.63) is 101 Å². The number of nitrogens with one attached hydrogen (secondary N) is 1. The Kier molecular flexibility index (Phi) is 12.1. The number of aromatic nitrogens is 3. The fraction of sp³-hybridized carbons (Fsp3) is 0.188. The number of ether oxygens (including phenoxy) is 1. The van der Waals surface area contributed by atoms with Crippen LogP contribution in [0.4, 0.5) is 51.0 Å². The van der Waals surface area contributed by atoms with Crippen molar-refractivity contribution >= 4 is 34.2 Å². The highest BCUT2D eigenvalue weighted by atomic mass is 19.4. The number of imidazole rings is 1. The number of aromatic amines is 1. The second kappa shape index (κ2) is 15.7. The Labute approximate surface area is 281 Å². The lowest BCUT2D eigenvalue weighted by Gasteiger charge is -2.20. The number of carbonyl (C=O) groups is 2. The normalized spacial score (nSPS) is 11.9. The molecule has 5 rings (SSSR count). The molecular weight excluding hydrogens is 705 g/mol. The number of anilines is 2. The van der Waals surface area contributed by atoms with Crippen molar-refractivity contribution in [2.75, 3.05) is 18.6 Å². The molecule has 19 heteroatoms. The van der Waals surface area contributed by atoms with Gasteiger partial charge in [-0.15, -0.1) is 0 Å². The van der Waals surface area contributed by atoms with Crippen LogP contribution in [0.15, 0.2) is 60.8 Å². The Morgan fingerprint density at radius 1 is 0.902 bits per heavy atom. The van der Waals surface area contributed by atoms with Gasteiger partial charge in [-0.25, -0.2) is 32.7 Å². The first kappa shape index (κ1) is 39.4. The number of carboxylic acids is 2. The van der Waals surface area contributed by atoms with E-state index in [0.717, 1.165) is 17.0 Å². The van der Waals surface area contributed by atoms with Crippen molar-refractivity contribution in [2.24, 2.45) is 0 Å². The maximum Gasteiger partial charge on any atom is 0.490 e. The summed E-state index contributed by atoms with van der Waals surface area (Å²) in [6, 6.07) is 14.2. The number of methoxy groups -OCH3 is 1. The summed E-state index contributed by atoms with van der Waals surface area (Å²) in [5.41, 5.74) is 14.5. The third-order valence-corrected chi connectivity index (χ3v) is 6.86. The highest BCUT2D eigenvalue weighted by Crippen LogP contribution is 2.38. The fourth-order valence-electron chi connectivity index (χ4n) is 4.49. The van der Waals surface area contributed by atoms with E-state index < -0.39 is 47.7 Å². The number of rotatable bonds is 6. The van der Waals surface area contributed by atoms with Gasteiger partial charge in [-0.3, -0.25) is 0 Å². The molecule has 0 radical (unpaired) electrons. The van der Waals surface area contributed by atoms with Gasteiger partial charge >= 0.3 is 24.3 Å². The highest BCUT2D eigenvalue weighted by molar-refractivity contribution is 5.93. The minimum absolute atomic E-state index is 0.00313. The Hall–Kier alpha value is -6.01. The SMILES string of the molecule is CCc1cc(OC)c(F)c(C(c2cc3cc(N)ccc3c(N)n2)c2ncc(-c3cccc(F)c3F)[nH]2)c1.O=C(O)C(F)(F)F.O=C(O)C(F)(F)F. The van der Waals surface area contributed by atoms with Crippen molar-refractivity contribution < 1.29 is 64.1 Å². The largest absolute Gasteiger partial charge is 0.494 e. The van der Waals surface area contributed by atoms with Crippen LogP contribution in [0.3, 0.4) is 0 Å². The van der Waals surface area contributed by atoms with Crippen LogP contribution in [0.25, 0.3) is 22.0 Å². The number of H-pyrrole nitrogens is 1. The van der Waals surface area contributed by atoms with Crippen LogP contribution in [0.1, 0.15) is 35.5 Å². The molecule has 0 bridgehead atoms. The lowest BCUT2D eigenvalue weighted by Crippen LogP contribution is -2.21. The molecule has 0 spiro atoms. The predicted octanol–water partition coefficient (Wildman–Crippen LogP) is 7.22. The van der Waals surface area contributed by atoms with E-state index >= 15 is 4.39 Å². The number of nitrogens with two attached hydrogens (primary N) is 2. The molecule has 2 heterocycles. The number of alkyl halides is 6. The Balaban J connectivity index is 0.000000424. The van der Waals surface area contributed by atoms with Crippen LogP contribution in [-0.2, 0) is 16.0 Å². The molecule has 0 amide bonds. The number of pyridine rings is 1. The van der Waals surface area contributed by atoms with E-state index in [1.807, 2.05) is 6.92 Å². The Morgan fingerprint density at radius 2 is 1.51 bits per heavy atom. The number of aliphatic carboxylic acids is 2. The molecule has 0 aliphatic carbocycles. The molecule has 7 N–H and O–H groups in total. The minimum atomic E-state index is -5.08. The number of nitrogens with zero attached hydrogens (tertiary/aromatic N) is 2. The summed E-state index contributed by atoms with van der Waals surface area (Å²) in [4.78, 5) is 29.9. The smallest absolute Gasteiger partial charge is 0.490 e. The molecule has 1 unspecified atom stereocenters. The second-order valence-electron chi connectivity index (χ2n) is 10.3. The van der Waals surface area contributed by atoms with Gasteiger partial charge in [0, 0.05) is 22.2 Å². The molecule has 0 saturated carbocycles. The van der Waals surface area contributed by atoms with Gasteiger partial charge in [-0.05, 0) is 59.8 Å². The summed E-state index contributed by atoms with van der Waals surface area (Å²) in [6.07, 6.45) is -8.17. The van der Waals surface area contributed by atoms with Gasteiger partial charge in [0.1, 0.15) is 11.6 Å². The number of hydrogen-bond donors (Lipinski definition) is 5. The maximum absolute atomic E-state index is 15.8. The first-order valence-corrected chi connectivity index (χ1v) is 14.1. The summed E-state index contributed by atoms with van der Waals surface area (Å²) in [7, 11) is 1.39. The maximum atomic E-state index is 15.8. The molecule has 0 aliphatic rings. The molecule has 0 saturated heterocycles. The molecule has 3 aromatic carbocycles. The molecular formula is C32H26F9N5O5. The van der Waals surface area contributed by atoms with Crippen LogP contribution < -0.4 is 16.2 Å². The van der Waals surface area contributed by atoms with Gasteiger partial charge in [-0.2, -0.15) is 26.3 Å². The quantitative estimate of drug-likeness (QED) is 0.0891. The zero-order valence-corrected chi connectivity index (χ0v) is 26.1. The molecule has 0 aliphatic heterocycles. The van der Waals surface area contributed by atoms with Gasteiger partial charge in [0.15, 0.2) is 23.2 Å². The number of fused-ring (bicyclic) bond motifs is 1. The van der Waals surface area contributed by atoms with E-state index in [-0.39, 0.29) is 34.2 Å². The third kappa shape index (κ3) is 9.58. The first-order chi connectivity index (χ1) is 23.7. The number of hydrogen-bond acceptors (Lipinski definition) is 7. The molecule has 2 aromatic heterocycles. The molecule has 5 aromatic rings. The first-order valence-electron chi connectivity index (χ1n) is 14.1. The predicted molar refractivity (Wildman–Crippen MR) is 165 cm³/mol. The van der Waals surface area contributed by atoms with Gasteiger partial charge in [0.2, 0.25) is 0 Å². The van der Waals surface area contributed by atoms with Crippen LogP contribution in [0, 0.1) is 17.5 Å². The van der Waals surface area contributed by atoms with Crippen molar-refractivity contribution in [1.82, 2.24) is 15.0 Å². The van der Waals surface area contributed by atoms with Crippen LogP contribution in [0.5, 0.6) is 5.75 Å². The van der Waals surface area contributed by atoms with Crippen molar-refractivity contribution in [3.8, 4) is 17.0 Å². The van der Waals surface area contributed by atoms with Crippen molar-refractivity contribution in [1.29, 1.82) is 0 Å². The lowest BCUT2D eigenvalue weighted by atomic mass is 9.90. The second-order valence-corrected chi connectivity index (χ2v) is 10.3. The van der Waals surface area contributed by atoms with E-state index in [4.69, 9.17) is 36.0 Å². The van der Waals surface area contributed by atoms with E-state index in [1.165, 1.54) is 25.4 Å². The van der Waals surface area contributed by atoms with E-state index in [2.05, 4.69) is 15.0 Å². The minimum Gasteiger partial charge on any atom is -0.494 e. The molecule has 1 atom stereocenters. The zero-order valence-electron chi connectivity index (χ0n) is 26.1. The number of halogens is 9. The Morgan fingerprint density at radius 3 is 2.06 bits per heavy atom. The monoisotopic (exact) mass is 731 g/mol. The molecule has 10 nitrogen and oxygen atoms in total. The third-order valence-electron chi connectivity index (χ3n) is 6.86. The Bertz CT molecular complexity index is 2030. The standard InChI is InChI=1S/C28H24F3N5O.2C2HF3O2/c1-3-14-9-19(26(31)23(10-14)37-2)24(21-12-15-11-16(32)7-8-17(15)27(33)35-21)28-34-13-22(36-28)18-5-4-6-20(29)25(18)30;2*3-2(4,5)1(6)7/h4-13,24H,3,32H2,1-2H3,(H2,33,35)(H,34,36);2*(H,6,7). The van der Waals surface area contributed by atoms with Gasteiger partial charge in [0.25, 0.3) is 0 Å². The van der Waals surface area contributed by atoms with E-state index in [1.54, 1.807) is 36.4 Å². The topological polar surface area (TPSA) is 177 Å². The van der Waals surface area contributed by atoms with Crippen LogP contribution in [0.2, 0.25) is 0 Å². The number of nitrogen functional groups attached to an aromatic ring is 2. The summed E-state index contributed by atoms with van der Waals surface area (Å²) in [5, 5.41) is 15.7. The average molecular weight is 732 g/mol. The highest BCUT2D eigenvalue weighted by Gasteiger charge is 2.39. The van der Waals surface area contributed by atoms with E-state index in [9.17, 15) is 35.1 Å². The van der Waals surface area contributed by atoms with Gasteiger partial charge in [0.05, 0.1) is 30.6 Å². The zero-order chi connectivity index (χ0) is 38.4. The van der Waals surface area contributed by atoms with Crippen molar-refractivity contribution in [2.45, 2.75) is 31.6 Å². The molecule has 272 valence electrons. The van der Waals surface area contributed by atoms with Crippen molar-refractivity contribution in [3.63, 3.8) is 0 Å². The van der Waals surface area contributed by atoms with E-state index in [0.29, 0.717) is 23.2 Å². The fourth-order valence-corrected chi connectivity index (χ4v) is 4.49.